The maximum absolute atomic E-state index is 9.74. The molecule has 4 unspecified atom stereocenters. The second-order valence-electron chi connectivity index (χ2n) is 15.9. The quantitative estimate of drug-likeness (QED) is 0.171. The van der Waals surface area contributed by atoms with E-state index in [2.05, 4.69) is 64.5 Å². The van der Waals surface area contributed by atoms with Crippen molar-refractivity contribution >= 4 is 28.2 Å². The number of fused-ring (bicyclic) bond motifs is 10. The third-order valence-electron chi connectivity index (χ3n) is 19.6. The summed E-state index contributed by atoms with van der Waals surface area (Å²) in [5.41, 5.74) is 5.33. The van der Waals surface area contributed by atoms with Gasteiger partial charge in [-0.25, -0.2) is 0 Å². The topological polar surface area (TPSA) is 76.3 Å². The van der Waals surface area contributed by atoms with Gasteiger partial charge < -0.3 is 0 Å². The molecular weight excluding hydrogens is 572 g/mol. The number of hydrogen-bond donors (Lipinski definition) is 0. The van der Waals surface area contributed by atoms with Gasteiger partial charge in [-0.05, 0) is 0 Å². The molecule has 0 N–H and O–H groups in total. The van der Waals surface area contributed by atoms with Gasteiger partial charge in [0.25, 0.3) is 0 Å². The zero-order valence-electron chi connectivity index (χ0n) is 21.0. The van der Waals surface area contributed by atoms with Gasteiger partial charge >= 0.3 is 219 Å². The SMILES string of the molecule is N#CC(C#N)=C(C#N)c1ccc(-c2ccc(-c3sccc3[C]34[CH]5[CH]6[CH]7[CH]3[Fe]6754389%10[CH]4[CH]3[CH]8[CH]9[CH]4%10)n2-c2ccccc2)s1. The van der Waals surface area contributed by atoms with E-state index in [0.717, 1.165) is 16.3 Å². The number of nitrogens with zero attached hydrogens (tertiary/aromatic N) is 4. The molecule has 0 radical (unpaired) electrons. The van der Waals surface area contributed by atoms with Crippen LogP contribution in [0.1, 0.15) is 10.4 Å². The summed E-state index contributed by atoms with van der Waals surface area (Å²) in [5, 5.41) is 30.9. The molecule has 0 bridgehead atoms. The standard InChI is InChI=1S/C28H15N4S2.C5H5.Fe/c29-16-20(17-30)23(18-31)26-12-13-27(34-26)24-10-11-25(32(24)21-8-2-1-3-9-21)28-22(14-15-33-28)19-6-4-5-7-19;1-2-4-5-3-1;/h1-15H;1-5H;. The third kappa shape index (κ3) is 0.494. The van der Waals surface area contributed by atoms with Crippen LogP contribution in [0.4, 0.5) is 0 Å². The van der Waals surface area contributed by atoms with Crippen molar-refractivity contribution in [3.05, 3.63) is 82.1 Å². The average molecular weight is 593 g/mol. The first-order valence-electron chi connectivity index (χ1n) is 14.1. The molecule has 13 heterocycles. The molecule has 40 heavy (non-hydrogen) atoms. The summed E-state index contributed by atoms with van der Waals surface area (Å²) in [7, 11) is 0. The molecule has 10 saturated heterocycles. The van der Waals surface area contributed by atoms with E-state index in [4.69, 9.17) is 0 Å². The van der Waals surface area contributed by atoms with Crippen LogP contribution < -0.4 is 0 Å². The number of aromatic nitrogens is 1. The molecule has 1 spiro atoms. The van der Waals surface area contributed by atoms with E-state index in [9.17, 15) is 15.8 Å². The Morgan fingerprint density at radius 1 is 0.750 bits per heavy atom. The third-order valence-corrected chi connectivity index (χ3v) is 64.0. The summed E-state index contributed by atoms with van der Waals surface area (Å²) in [6.45, 7) is -3.33. The average Bonchev–Trinajstić information content (AvgIpc) is 3.75. The zero-order chi connectivity index (χ0) is 26.1. The van der Waals surface area contributed by atoms with E-state index < -0.39 is 6.51 Å². The van der Waals surface area contributed by atoms with Crippen molar-refractivity contribution in [1.29, 1.82) is 15.8 Å². The second-order valence-corrected chi connectivity index (χ2v) is 41.4. The normalized spacial score (nSPS) is 56.6. The van der Waals surface area contributed by atoms with Crippen LogP contribution in [0.25, 0.3) is 32.4 Å². The summed E-state index contributed by atoms with van der Waals surface area (Å²) < 4.78 is 3.12. The van der Waals surface area contributed by atoms with Crippen LogP contribution in [0.2, 0.25) is 43.3 Å². The Hall–Kier alpha value is -3.37. The molecule has 0 amide bonds. The minimum atomic E-state index is -3.33. The molecule has 7 heteroatoms. The molecule has 3 aromatic heterocycles. The van der Waals surface area contributed by atoms with Gasteiger partial charge in [0.05, 0.1) is 0 Å². The number of para-hydroxylation sites is 1. The molecule has 10 aliphatic heterocycles. The minimum absolute atomic E-state index is 0.133. The molecule has 4 aromatic rings. The van der Waals surface area contributed by atoms with Crippen molar-refractivity contribution in [2.24, 2.45) is 0 Å². The predicted octanol–water partition coefficient (Wildman–Crippen LogP) is 9.05. The van der Waals surface area contributed by atoms with E-state index in [0.29, 0.717) is 9.19 Å². The first-order chi connectivity index (χ1) is 19.4. The zero-order valence-corrected chi connectivity index (χ0v) is 23.7. The summed E-state index contributed by atoms with van der Waals surface area (Å²) in [6, 6.07) is 27.5. The van der Waals surface area contributed by atoms with Crippen LogP contribution in [0, 0.1) is 34.0 Å². The van der Waals surface area contributed by atoms with Gasteiger partial charge in [-0.3, -0.25) is 0 Å². The summed E-state index contributed by atoms with van der Waals surface area (Å²) in [6.07, 6.45) is 0. The fraction of sp³-hybridized carbons (Fsp3) is 0.303. The monoisotopic (exact) mass is 592 g/mol. The van der Waals surface area contributed by atoms with Crippen LogP contribution in [0.5, 0.6) is 0 Å². The molecule has 10 fully saturated rings. The van der Waals surface area contributed by atoms with E-state index in [-0.39, 0.29) is 11.1 Å². The van der Waals surface area contributed by atoms with Gasteiger partial charge in [0.15, 0.2) is 0 Å². The maximum atomic E-state index is 9.74. The molecule has 14 rings (SSSR count). The summed E-state index contributed by atoms with van der Waals surface area (Å²) in [4.78, 5) is 14.7. The first-order valence-corrected chi connectivity index (χ1v) is 22.0. The molecular formula is C33H20FeN4S2. The van der Waals surface area contributed by atoms with Gasteiger partial charge in [0.2, 0.25) is 0 Å². The van der Waals surface area contributed by atoms with E-state index in [1.165, 1.54) is 65.3 Å². The van der Waals surface area contributed by atoms with Crippen molar-refractivity contribution in [3.8, 4) is 45.0 Å². The van der Waals surface area contributed by atoms with Crippen molar-refractivity contribution in [2.45, 2.75) is 47.7 Å². The van der Waals surface area contributed by atoms with Crippen LogP contribution in [-0.4, -0.2) is 4.57 Å². The van der Waals surface area contributed by atoms with E-state index in [1.54, 1.807) is 5.56 Å². The number of benzene rings is 1. The van der Waals surface area contributed by atoms with Crippen LogP contribution in [-0.2, 0) is 10.8 Å². The molecule has 10 aliphatic rings. The van der Waals surface area contributed by atoms with Crippen molar-refractivity contribution in [1.82, 2.24) is 4.57 Å². The number of nitriles is 3. The van der Waals surface area contributed by atoms with Gasteiger partial charge in [-0.1, -0.05) is 0 Å². The molecule has 0 saturated carbocycles. The fourth-order valence-corrected chi connectivity index (χ4v) is 96.6. The summed E-state index contributed by atoms with van der Waals surface area (Å²) >= 11 is 3.43. The molecule has 1 aromatic carbocycles. The molecule has 4 nitrogen and oxygen atoms in total. The Balaban J connectivity index is 0.990. The van der Waals surface area contributed by atoms with E-state index >= 15 is 0 Å². The van der Waals surface area contributed by atoms with Crippen LogP contribution in [0.3, 0.4) is 0 Å². The Morgan fingerprint density at radius 3 is 2.00 bits per heavy atom. The number of rotatable bonds is 5. The summed E-state index contributed by atoms with van der Waals surface area (Å²) in [5.74, 6) is 0. The Bertz CT molecular complexity index is 2480. The van der Waals surface area contributed by atoms with Crippen molar-refractivity contribution < 1.29 is 6.51 Å². The van der Waals surface area contributed by atoms with E-state index in [1.807, 2.05) is 35.6 Å². The fourth-order valence-electron chi connectivity index (χ4n) is 20.4. The Kier molecular flexibility index (Phi) is 1.39. The van der Waals surface area contributed by atoms with Crippen LogP contribution >= 0.6 is 22.7 Å². The molecule has 4 atom stereocenters. The van der Waals surface area contributed by atoms with Crippen LogP contribution in [0.15, 0.2) is 71.6 Å². The molecule has 192 valence electrons. The Morgan fingerprint density at radius 2 is 1.43 bits per heavy atom. The number of hydrogen-bond acceptors (Lipinski definition) is 5. The first kappa shape index (κ1) is 18.9. The van der Waals surface area contributed by atoms with Gasteiger partial charge in [0, 0.05) is 0 Å². The van der Waals surface area contributed by atoms with Gasteiger partial charge in [-0.2, -0.15) is 10.5 Å². The van der Waals surface area contributed by atoms with Gasteiger partial charge in [-0.15, -0.1) is 0 Å². The number of allylic oxidation sites excluding steroid dienone is 2. The predicted molar refractivity (Wildman–Crippen MR) is 152 cm³/mol. The number of thiophene rings is 2. The van der Waals surface area contributed by atoms with Crippen molar-refractivity contribution in [3.63, 3.8) is 0 Å². The van der Waals surface area contributed by atoms with Gasteiger partial charge in [0.1, 0.15) is 0 Å². The Labute approximate surface area is 228 Å². The molecule has 0 aliphatic carbocycles. The van der Waals surface area contributed by atoms with Crippen molar-refractivity contribution in [2.75, 3.05) is 0 Å². The second kappa shape index (κ2) is 2.94.